The summed E-state index contributed by atoms with van der Waals surface area (Å²) in [5.74, 6) is 0.392. The van der Waals surface area contributed by atoms with E-state index in [0.717, 1.165) is 36.0 Å². The predicted octanol–water partition coefficient (Wildman–Crippen LogP) is 5.57. The molecule has 0 saturated heterocycles. The molecule has 2 amide bonds. The van der Waals surface area contributed by atoms with Crippen LogP contribution in [-0.4, -0.2) is 51.4 Å². The van der Waals surface area contributed by atoms with Gasteiger partial charge < -0.3 is 15.0 Å². The summed E-state index contributed by atoms with van der Waals surface area (Å²) in [6.07, 6.45) is 8.65. The third-order valence-corrected chi connectivity index (χ3v) is 9.67. The van der Waals surface area contributed by atoms with Crippen molar-refractivity contribution in [1.82, 2.24) is 14.9 Å². The summed E-state index contributed by atoms with van der Waals surface area (Å²) < 4.78 is 32.5. The Morgan fingerprint density at radius 2 is 1.60 bits per heavy atom. The Hall–Kier alpha value is -3.95. The number of benzene rings is 3. The van der Waals surface area contributed by atoms with Crippen molar-refractivity contribution in [2.45, 2.75) is 75.8 Å². The molecule has 3 aromatic carbocycles. The lowest BCUT2D eigenvalue weighted by Crippen LogP contribution is -2.50. The van der Waals surface area contributed by atoms with Gasteiger partial charge in [-0.3, -0.25) is 9.59 Å². The number of hydrogen-bond donors (Lipinski definition) is 2. The van der Waals surface area contributed by atoms with Crippen LogP contribution in [0.1, 0.15) is 62.1 Å². The average molecular weight is 632 g/mol. The minimum atomic E-state index is -3.56. The molecule has 0 fully saturated rings. The lowest BCUT2D eigenvalue weighted by molar-refractivity contribution is -0.141. The van der Waals surface area contributed by atoms with Crippen LogP contribution in [0.5, 0.6) is 5.75 Å². The maximum atomic E-state index is 14.0. The first-order chi connectivity index (χ1) is 21.8. The highest BCUT2D eigenvalue weighted by atomic mass is 32.2. The Morgan fingerprint density at radius 3 is 2.24 bits per heavy atom. The monoisotopic (exact) mass is 631 g/mol. The third kappa shape index (κ3) is 10.3. The van der Waals surface area contributed by atoms with Crippen molar-refractivity contribution in [2.24, 2.45) is 0 Å². The first kappa shape index (κ1) is 33.9. The number of amides is 2. The largest absolute Gasteiger partial charge is 0.497 e. The van der Waals surface area contributed by atoms with Crippen molar-refractivity contribution in [2.75, 3.05) is 20.2 Å². The highest BCUT2D eigenvalue weighted by molar-refractivity contribution is 7.89. The summed E-state index contributed by atoms with van der Waals surface area (Å²) in [4.78, 5) is 29.8. The first-order valence-electron chi connectivity index (χ1n) is 15.8. The van der Waals surface area contributed by atoms with Gasteiger partial charge in [0.2, 0.25) is 21.8 Å². The van der Waals surface area contributed by atoms with Gasteiger partial charge in [-0.1, -0.05) is 73.2 Å². The molecule has 0 saturated carbocycles. The topological polar surface area (TPSA) is 105 Å². The molecule has 1 atom stereocenters. The van der Waals surface area contributed by atoms with Gasteiger partial charge in [-0.05, 0) is 79.5 Å². The van der Waals surface area contributed by atoms with E-state index in [9.17, 15) is 18.0 Å². The Balaban J connectivity index is 1.55. The fourth-order valence-electron chi connectivity index (χ4n) is 5.58. The Kier molecular flexibility index (Phi) is 12.8. The van der Waals surface area contributed by atoms with Crippen LogP contribution in [0.15, 0.2) is 95.4 Å². The number of nitrogens with one attached hydrogen (secondary N) is 2. The average Bonchev–Trinajstić information content (AvgIpc) is 3.06. The number of rotatable bonds is 16. The van der Waals surface area contributed by atoms with Gasteiger partial charge in [-0.15, -0.1) is 0 Å². The van der Waals surface area contributed by atoms with Crippen molar-refractivity contribution in [3.8, 4) is 5.75 Å². The fraction of sp³-hybridized carbons (Fsp3) is 0.389. The molecule has 0 spiro atoms. The number of allylic oxidation sites excluding steroid dienone is 1. The van der Waals surface area contributed by atoms with Crippen LogP contribution in [0.4, 0.5) is 0 Å². The Morgan fingerprint density at radius 1 is 0.889 bits per heavy atom. The van der Waals surface area contributed by atoms with Crippen molar-refractivity contribution in [1.29, 1.82) is 0 Å². The van der Waals surface area contributed by atoms with E-state index in [2.05, 4.69) is 16.1 Å². The van der Waals surface area contributed by atoms with Crippen LogP contribution < -0.4 is 14.8 Å². The minimum absolute atomic E-state index is 0.152. The van der Waals surface area contributed by atoms with Gasteiger partial charge >= 0.3 is 0 Å². The molecule has 2 N–H and O–H groups in total. The van der Waals surface area contributed by atoms with Gasteiger partial charge in [0.1, 0.15) is 11.8 Å². The molecule has 4 rings (SSSR count). The second kappa shape index (κ2) is 16.9. The van der Waals surface area contributed by atoms with Gasteiger partial charge in [0.25, 0.3) is 0 Å². The lowest BCUT2D eigenvalue weighted by Gasteiger charge is -2.32. The summed E-state index contributed by atoms with van der Waals surface area (Å²) in [5, 5.41) is 3.14. The van der Waals surface area contributed by atoms with E-state index < -0.39 is 16.1 Å². The van der Waals surface area contributed by atoms with E-state index in [0.29, 0.717) is 31.7 Å². The summed E-state index contributed by atoms with van der Waals surface area (Å²) in [5.41, 5.74) is 4.09. The van der Waals surface area contributed by atoms with Crippen LogP contribution >= 0.6 is 0 Å². The van der Waals surface area contributed by atoms with E-state index in [1.165, 1.54) is 18.4 Å². The molecule has 1 aliphatic carbocycles. The zero-order valence-corrected chi connectivity index (χ0v) is 27.2. The van der Waals surface area contributed by atoms with Gasteiger partial charge in [0.05, 0.1) is 12.0 Å². The highest BCUT2D eigenvalue weighted by Crippen LogP contribution is 2.21. The molecule has 0 aliphatic heterocycles. The van der Waals surface area contributed by atoms with E-state index in [4.69, 9.17) is 4.74 Å². The zero-order valence-electron chi connectivity index (χ0n) is 26.3. The van der Waals surface area contributed by atoms with Crippen molar-refractivity contribution in [3.63, 3.8) is 0 Å². The molecular weight excluding hydrogens is 586 g/mol. The summed E-state index contributed by atoms with van der Waals surface area (Å²) in [7, 11) is -1.95. The van der Waals surface area contributed by atoms with Gasteiger partial charge in [0, 0.05) is 32.5 Å². The second-order valence-corrected chi connectivity index (χ2v) is 13.1. The predicted molar refractivity (Wildman–Crippen MR) is 177 cm³/mol. The first-order valence-corrected chi connectivity index (χ1v) is 17.3. The van der Waals surface area contributed by atoms with E-state index in [1.807, 2.05) is 54.6 Å². The van der Waals surface area contributed by atoms with Crippen molar-refractivity contribution in [3.05, 3.63) is 107 Å². The smallest absolute Gasteiger partial charge is 0.243 e. The number of carbonyl (C=O) groups is 2. The fourth-order valence-corrected chi connectivity index (χ4v) is 6.62. The zero-order chi connectivity index (χ0) is 32.1. The molecule has 1 aliphatic rings. The van der Waals surface area contributed by atoms with Crippen LogP contribution in [-0.2, 0) is 39.0 Å². The third-order valence-electron chi connectivity index (χ3n) is 8.11. The lowest BCUT2D eigenvalue weighted by atomic mass is 9.97. The molecule has 8 nitrogen and oxygen atoms in total. The molecule has 240 valence electrons. The maximum absolute atomic E-state index is 14.0. The SMILES string of the molecule is CCNS(=O)(=O)c1ccc(CCC(=O)N(Cc2ccc(OC)cc2)C(Cc2ccccc2)C(=O)NCCC2=CCCCC2)cc1. The standard InChI is InChI=1S/C36H45N3O5S/c1-3-38-45(42,43)33-21-16-29(17-22-33)18-23-35(40)39(27-31-14-19-32(44-2)20-15-31)34(26-30-12-8-5-9-13-30)36(41)37-25-24-28-10-6-4-7-11-28/h5,8-10,12-17,19-22,34,38H,3-4,6-7,11,18,23-27H2,1-2H3,(H,37,41). The van der Waals surface area contributed by atoms with E-state index in [-0.39, 0.29) is 29.7 Å². The Bertz CT molecular complexity index is 1520. The number of nitrogens with zero attached hydrogens (tertiary/aromatic N) is 1. The van der Waals surface area contributed by atoms with Gasteiger partial charge in [-0.25, -0.2) is 13.1 Å². The van der Waals surface area contributed by atoms with Crippen molar-refractivity contribution < 1.29 is 22.7 Å². The number of aryl methyl sites for hydroxylation is 1. The number of ether oxygens (including phenoxy) is 1. The van der Waals surface area contributed by atoms with Gasteiger partial charge in [-0.2, -0.15) is 0 Å². The number of methoxy groups -OCH3 is 1. The molecule has 3 aromatic rings. The van der Waals surface area contributed by atoms with Crippen LogP contribution in [0.2, 0.25) is 0 Å². The number of carbonyl (C=O) groups excluding carboxylic acids is 2. The molecule has 1 unspecified atom stereocenters. The van der Waals surface area contributed by atoms with Crippen LogP contribution in [0.25, 0.3) is 0 Å². The summed E-state index contributed by atoms with van der Waals surface area (Å²) in [6.45, 7) is 2.83. The minimum Gasteiger partial charge on any atom is -0.497 e. The highest BCUT2D eigenvalue weighted by Gasteiger charge is 2.30. The molecule has 0 radical (unpaired) electrons. The maximum Gasteiger partial charge on any atom is 0.243 e. The normalized spacial score (nSPS) is 13.9. The van der Waals surface area contributed by atoms with Crippen molar-refractivity contribution >= 4 is 21.8 Å². The second-order valence-electron chi connectivity index (χ2n) is 11.4. The molecule has 45 heavy (non-hydrogen) atoms. The van der Waals surface area contributed by atoms with Crippen LogP contribution in [0.3, 0.4) is 0 Å². The molecule has 9 heteroatoms. The summed E-state index contributed by atoms with van der Waals surface area (Å²) >= 11 is 0. The molecular formula is C36H45N3O5S. The number of sulfonamides is 1. The van der Waals surface area contributed by atoms with E-state index in [1.54, 1.807) is 43.2 Å². The number of hydrogen-bond acceptors (Lipinski definition) is 5. The van der Waals surface area contributed by atoms with Gasteiger partial charge in [0.15, 0.2) is 0 Å². The van der Waals surface area contributed by atoms with Crippen LogP contribution in [0, 0.1) is 0 Å². The Labute approximate surface area is 267 Å². The molecule has 0 aromatic heterocycles. The summed E-state index contributed by atoms with van der Waals surface area (Å²) in [6, 6.07) is 23.2. The molecule has 0 heterocycles. The quantitative estimate of drug-likeness (QED) is 0.201. The van der Waals surface area contributed by atoms with E-state index >= 15 is 0 Å². The molecule has 0 bridgehead atoms.